The number of benzene rings is 1. The van der Waals surface area contributed by atoms with Crippen LogP contribution in [0, 0.1) is 11.3 Å². The second-order valence-electron chi connectivity index (χ2n) is 6.28. The Kier molecular flexibility index (Phi) is 3.68. The third kappa shape index (κ3) is 3.03. The monoisotopic (exact) mass is 306 g/mol. The summed E-state index contributed by atoms with van der Waals surface area (Å²) in [6.07, 6.45) is 8.16. The number of ether oxygens (including phenoxy) is 1. The van der Waals surface area contributed by atoms with Crippen molar-refractivity contribution in [3.63, 3.8) is 0 Å². The molecule has 1 aromatic heterocycles. The molecule has 1 N–H and O–H groups in total. The highest BCUT2D eigenvalue weighted by Gasteiger charge is 2.34. The highest BCUT2D eigenvalue weighted by Crippen LogP contribution is 2.31. The van der Waals surface area contributed by atoms with Crippen LogP contribution in [0.5, 0.6) is 5.75 Å². The molecule has 1 aromatic carbocycles. The van der Waals surface area contributed by atoms with Gasteiger partial charge in [-0.3, -0.25) is 0 Å². The molecule has 5 heteroatoms. The molecule has 2 aliphatic heterocycles. The molecular formula is C18H18N4O. The number of piperidine rings is 1. The molecule has 2 fully saturated rings. The molecule has 3 atom stereocenters. The lowest BCUT2D eigenvalue weighted by Crippen LogP contribution is -2.42. The molecule has 0 aliphatic carbocycles. The van der Waals surface area contributed by atoms with E-state index in [-0.39, 0.29) is 6.10 Å². The fraction of sp³-hybridized carbons (Fsp3) is 0.389. The molecule has 4 rings (SSSR count). The molecule has 2 bridgehead atoms. The summed E-state index contributed by atoms with van der Waals surface area (Å²) in [4.78, 5) is 8.52. The van der Waals surface area contributed by atoms with Crippen LogP contribution in [-0.2, 0) is 0 Å². The van der Waals surface area contributed by atoms with E-state index in [1.165, 1.54) is 12.8 Å². The van der Waals surface area contributed by atoms with Crippen molar-refractivity contribution in [1.29, 1.82) is 5.26 Å². The van der Waals surface area contributed by atoms with E-state index < -0.39 is 0 Å². The maximum atomic E-state index is 9.28. The van der Waals surface area contributed by atoms with Crippen LogP contribution >= 0.6 is 0 Å². The lowest BCUT2D eigenvalue weighted by Gasteiger charge is -2.29. The van der Waals surface area contributed by atoms with Crippen molar-refractivity contribution in [1.82, 2.24) is 15.3 Å². The molecule has 2 aliphatic rings. The van der Waals surface area contributed by atoms with Gasteiger partial charge < -0.3 is 10.1 Å². The predicted octanol–water partition coefficient (Wildman–Crippen LogP) is 2.68. The molecule has 0 spiro atoms. The Balaban J connectivity index is 1.60. The van der Waals surface area contributed by atoms with Crippen LogP contribution in [0.3, 0.4) is 0 Å². The van der Waals surface area contributed by atoms with E-state index in [0.717, 1.165) is 24.2 Å². The van der Waals surface area contributed by atoms with Gasteiger partial charge in [-0.25, -0.2) is 9.97 Å². The molecule has 3 heterocycles. The summed E-state index contributed by atoms with van der Waals surface area (Å²) in [5.41, 5.74) is 1.39. The van der Waals surface area contributed by atoms with Gasteiger partial charge in [-0.2, -0.15) is 5.26 Å². The minimum absolute atomic E-state index is 0.215. The van der Waals surface area contributed by atoms with Crippen LogP contribution in [0.1, 0.15) is 31.2 Å². The highest BCUT2D eigenvalue weighted by molar-refractivity contribution is 5.60. The average Bonchev–Trinajstić information content (AvgIpc) is 2.94. The first-order chi connectivity index (χ1) is 11.3. The van der Waals surface area contributed by atoms with E-state index in [0.29, 0.717) is 23.5 Å². The topological polar surface area (TPSA) is 70.8 Å². The molecule has 2 saturated heterocycles. The molecular weight excluding hydrogens is 288 g/mol. The first kappa shape index (κ1) is 14.2. The average molecular weight is 306 g/mol. The van der Waals surface area contributed by atoms with Crippen molar-refractivity contribution < 1.29 is 4.74 Å². The fourth-order valence-corrected chi connectivity index (χ4v) is 3.60. The quantitative estimate of drug-likeness (QED) is 0.944. The SMILES string of the molecule is N#Cc1cc(OC2C[C@H]3CC[C@@H](C2)N3)cc(-c2ncccn2)c1. The normalized spacial score (nSPS) is 25.8. The minimum Gasteiger partial charge on any atom is -0.490 e. The van der Waals surface area contributed by atoms with E-state index in [4.69, 9.17) is 4.74 Å². The van der Waals surface area contributed by atoms with Crippen LogP contribution in [-0.4, -0.2) is 28.2 Å². The molecule has 116 valence electrons. The Hall–Kier alpha value is -2.45. The van der Waals surface area contributed by atoms with E-state index in [9.17, 15) is 5.26 Å². The van der Waals surface area contributed by atoms with Crippen molar-refractivity contribution in [3.8, 4) is 23.2 Å². The molecule has 0 saturated carbocycles. The van der Waals surface area contributed by atoms with Crippen molar-refractivity contribution in [2.45, 2.75) is 43.9 Å². The number of fused-ring (bicyclic) bond motifs is 2. The molecule has 0 amide bonds. The van der Waals surface area contributed by atoms with Gasteiger partial charge in [-0.05, 0) is 49.9 Å². The zero-order valence-corrected chi connectivity index (χ0v) is 12.8. The van der Waals surface area contributed by atoms with Crippen molar-refractivity contribution in [2.24, 2.45) is 0 Å². The minimum atomic E-state index is 0.215. The predicted molar refractivity (Wildman–Crippen MR) is 85.8 cm³/mol. The first-order valence-corrected chi connectivity index (χ1v) is 8.05. The van der Waals surface area contributed by atoms with Gasteiger partial charge >= 0.3 is 0 Å². The van der Waals surface area contributed by atoms with E-state index >= 15 is 0 Å². The second kappa shape index (κ2) is 5.98. The largest absolute Gasteiger partial charge is 0.490 e. The summed E-state index contributed by atoms with van der Waals surface area (Å²) < 4.78 is 6.19. The van der Waals surface area contributed by atoms with Gasteiger partial charge in [-0.15, -0.1) is 0 Å². The van der Waals surface area contributed by atoms with Crippen LogP contribution in [0.2, 0.25) is 0 Å². The van der Waals surface area contributed by atoms with Crippen LogP contribution in [0.25, 0.3) is 11.4 Å². The van der Waals surface area contributed by atoms with Gasteiger partial charge in [0.25, 0.3) is 0 Å². The standard InChI is InChI=1S/C18H18N4O/c19-11-12-6-13(18-20-4-1-5-21-18)8-16(7-12)23-17-9-14-2-3-15(10-17)22-14/h1,4-8,14-15,17,22H,2-3,9-10H2/t14-,15+,17?. The van der Waals surface area contributed by atoms with Gasteiger partial charge in [0.2, 0.25) is 0 Å². The van der Waals surface area contributed by atoms with Crippen LogP contribution < -0.4 is 10.1 Å². The third-order valence-electron chi connectivity index (χ3n) is 4.59. The van der Waals surface area contributed by atoms with E-state index in [1.54, 1.807) is 30.6 Å². The Morgan fingerprint density at radius 2 is 1.83 bits per heavy atom. The molecule has 5 nitrogen and oxygen atoms in total. The Morgan fingerprint density at radius 1 is 1.09 bits per heavy atom. The molecule has 1 unspecified atom stereocenters. The number of hydrogen-bond donors (Lipinski definition) is 1. The van der Waals surface area contributed by atoms with Gasteiger partial charge in [0, 0.05) is 30.0 Å². The van der Waals surface area contributed by atoms with Gasteiger partial charge in [0.05, 0.1) is 11.6 Å². The maximum absolute atomic E-state index is 9.28. The summed E-state index contributed by atoms with van der Waals surface area (Å²) in [5, 5.41) is 12.9. The Morgan fingerprint density at radius 3 is 2.52 bits per heavy atom. The smallest absolute Gasteiger partial charge is 0.159 e. The Bertz CT molecular complexity index is 728. The van der Waals surface area contributed by atoms with E-state index in [2.05, 4.69) is 21.4 Å². The van der Waals surface area contributed by atoms with Gasteiger partial charge in [-0.1, -0.05) is 0 Å². The van der Waals surface area contributed by atoms with Crippen LogP contribution in [0.15, 0.2) is 36.7 Å². The number of hydrogen-bond acceptors (Lipinski definition) is 5. The van der Waals surface area contributed by atoms with E-state index in [1.807, 2.05) is 6.07 Å². The molecule has 23 heavy (non-hydrogen) atoms. The zero-order chi connectivity index (χ0) is 15.6. The maximum Gasteiger partial charge on any atom is 0.159 e. The van der Waals surface area contributed by atoms with Crippen molar-refractivity contribution in [2.75, 3.05) is 0 Å². The zero-order valence-electron chi connectivity index (χ0n) is 12.8. The van der Waals surface area contributed by atoms with Crippen molar-refractivity contribution >= 4 is 0 Å². The summed E-state index contributed by atoms with van der Waals surface area (Å²) in [5.74, 6) is 1.35. The second-order valence-corrected chi connectivity index (χ2v) is 6.28. The fourth-order valence-electron chi connectivity index (χ4n) is 3.60. The summed E-state index contributed by atoms with van der Waals surface area (Å²) in [6.45, 7) is 0. The molecule has 0 radical (unpaired) electrons. The molecule has 2 aromatic rings. The summed E-state index contributed by atoms with van der Waals surface area (Å²) >= 11 is 0. The summed E-state index contributed by atoms with van der Waals surface area (Å²) in [6, 6.07) is 10.7. The summed E-state index contributed by atoms with van der Waals surface area (Å²) in [7, 11) is 0. The number of nitrogens with zero attached hydrogens (tertiary/aromatic N) is 3. The first-order valence-electron chi connectivity index (χ1n) is 8.05. The van der Waals surface area contributed by atoms with Gasteiger partial charge in [0.1, 0.15) is 11.9 Å². The van der Waals surface area contributed by atoms with Crippen molar-refractivity contribution in [3.05, 3.63) is 42.2 Å². The lowest BCUT2D eigenvalue weighted by molar-refractivity contribution is 0.137. The Labute approximate surface area is 135 Å². The highest BCUT2D eigenvalue weighted by atomic mass is 16.5. The lowest BCUT2D eigenvalue weighted by atomic mass is 10.0. The number of rotatable bonds is 3. The van der Waals surface area contributed by atoms with Gasteiger partial charge in [0.15, 0.2) is 5.82 Å². The number of nitrogens with one attached hydrogen (secondary N) is 1. The number of nitriles is 1. The third-order valence-corrected chi connectivity index (χ3v) is 4.59. The number of aromatic nitrogens is 2. The van der Waals surface area contributed by atoms with Crippen LogP contribution in [0.4, 0.5) is 0 Å².